The van der Waals surface area contributed by atoms with Crippen LogP contribution in [0.5, 0.6) is 0 Å². The van der Waals surface area contributed by atoms with Crippen molar-refractivity contribution in [3.05, 3.63) is 51.5 Å². The molecular formula is C13H9Cl3S. The molecule has 0 amide bonds. The molecule has 17 heavy (non-hydrogen) atoms. The zero-order chi connectivity index (χ0) is 12.4. The third-order valence-electron chi connectivity index (χ3n) is 2.39. The number of hydrogen-bond acceptors (Lipinski definition) is 1. The van der Waals surface area contributed by atoms with Crippen LogP contribution in [0.15, 0.2) is 41.3 Å². The minimum absolute atomic E-state index is 0.671. The maximum atomic E-state index is 6.17. The van der Waals surface area contributed by atoms with Crippen LogP contribution in [0.4, 0.5) is 0 Å². The number of benzene rings is 2. The molecule has 0 aliphatic heterocycles. The van der Waals surface area contributed by atoms with Crippen LogP contribution < -0.4 is 0 Å². The molecule has 2 aromatic carbocycles. The summed E-state index contributed by atoms with van der Waals surface area (Å²) in [6, 6.07) is 11.3. The first-order chi connectivity index (χ1) is 8.11. The lowest BCUT2D eigenvalue weighted by atomic mass is 10.1. The molecule has 88 valence electrons. The molecule has 4 heteroatoms. The summed E-state index contributed by atoms with van der Waals surface area (Å²) in [6.45, 7) is 0. The number of hydrogen-bond donors (Lipinski definition) is 0. The maximum absolute atomic E-state index is 6.17. The SMILES string of the molecule is CSc1cc(-c2cc(Cl)ccc2Cl)ccc1Cl. The van der Waals surface area contributed by atoms with Gasteiger partial charge in [-0.3, -0.25) is 0 Å². The largest absolute Gasteiger partial charge is 0.128 e. The van der Waals surface area contributed by atoms with Crippen molar-refractivity contribution < 1.29 is 0 Å². The monoisotopic (exact) mass is 302 g/mol. The lowest BCUT2D eigenvalue weighted by Gasteiger charge is -2.08. The van der Waals surface area contributed by atoms with Crippen molar-refractivity contribution >= 4 is 46.6 Å². The maximum Gasteiger partial charge on any atom is 0.0542 e. The Balaban J connectivity index is 2.56. The van der Waals surface area contributed by atoms with Crippen LogP contribution in [-0.4, -0.2) is 6.26 Å². The van der Waals surface area contributed by atoms with Crippen molar-refractivity contribution in [1.82, 2.24) is 0 Å². The Labute approximate surface area is 120 Å². The highest BCUT2D eigenvalue weighted by Gasteiger charge is 2.07. The molecule has 2 aromatic rings. The molecule has 0 aliphatic rings. The summed E-state index contributed by atoms with van der Waals surface area (Å²) >= 11 is 19.8. The molecule has 0 N–H and O–H groups in total. The van der Waals surface area contributed by atoms with Gasteiger partial charge in [-0.15, -0.1) is 11.8 Å². The van der Waals surface area contributed by atoms with E-state index in [1.54, 1.807) is 23.9 Å². The van der Waals surface area contributed by atoms with Crippen molar-refractivity contribution in [3.8, 4) is 11.1 Å². The molecule has 2 rings (SSSR count). The first-order valence-electron chi connectivity index (χ1n) is 4.91. The van der Waals surface area contributed by atoms with E-state index in [2.05, 4.69) is 0 Å². The normalized spacial score (nSPS) is 10.6. The summed E-state index contributed by atoms with van der Waals surface area (Å²) in [7, 11) is 0. The smallest absolute Gasteiger partial charge is 0.0542 e. The summed E-state index contributed by atoms with van der Waals surface area (Å²) < 4.78 is 0. The molecule has 0 aromatic heterocycles. The minimum atomic E-state index is 0.671. The number of rotatable bonds is 2. The fraction of sp³-hybridized carbons (Fsp3) is 0.0769. The van der Waals surface area contributed by atoms with Gasteiger partial charge in [0.1, 0.15) is 0 Å². The van der Waals surface area contributed by atoms with E-state index < -0.39 is 0 Å². The van der Waals surface area contributed by atoms with Crippen molar-refractivity contribution in [2.24, 2.45) is 0 Å². The van der Waals surface area contributed by atoms with E-state index in [9.17, 15) is 0 Å². The van der Waals surface area contributed by atoms with E-state index in [4.69, 9.17) is 34.8 Å². The standard InChI is InChI=1S/C13H9Cl3S/c1-17-13-6-8(2-4-12(13)16)10-7-9(14)3-5-11(10)15/h2-7H,1H3. The second kappa shape index (κ2) is 5.53. The van der Waals surface area contributed by atoms with Gasteiger partial charge in [-0.05, 0) is 42.2 Å². The van der Waals surface area contributed by atoms with Gasteiger partial charge in [-0.1, -0.05) is 40.9 Å². The quantitative estimate of drug-likeness (QED) is 0.610. The molecule has 0 saturated carbocycles. The van der Waals surface area contributed by atoms with Gasteiger partial charge in [0.2, 0.25) is 0 Å². The van der Waals surface area contributed by atoms with E-state index in [-0.39, 0.29) is 0 Å². The second-order valence-electron chi connectivity index (χ2n) is 3.47. The lowest BCUT2D eigenvalue weighted by Crippen LogP contribution is -1.82. The highest BCUT2D eigenvalue weighted by Crippen LogP contribution is 2.35. The highest BCUT2D eigenvalue weighted by atomic mass is 35.5. The molecule has 0 bridgehead atoms. The molecule has 0 saturated heterocycles. The van der Waals surface area contributed by atoms with Gasteiger partial charge in [-0.2, -0.15) is 0 Å². The van der Waals surface area contributed by atoms with Crippen molar-refractivity contribution in [2.75, 3.05) is 6.26 Å². The van der Waals surface area contributed by atoms with Crippen LogP contribution in [0.25, 0.3) is 11.1 Å². The molecule has 0 unspecified atom stereocenters. The number of halogens is 3. The van der Waals surface area contributed by atoms with Crippen molar-refractivity contribution in [2.45, 2.75) is 4.90 Å². The first-order valence-corrected chi connectivity index (χ1v) is 7.26. The first kappa shape index (κ1) is 13.1. The summed E-state index contributed by atoms with van der Waals surface area (Å²) in [5.74, 6) is 0. The van der Waals surface area contributed by atoms with Gasteiger partial charge in [0.05, 0.1) is 5.02 Å². The molecular weight excluding hydrogens is 295 g/mol. The third-order valence-corrected chi connectivity index (χ3v) is 4.17. The summed E-state index contributed by atoms with van der Waals surface area (Å²) in [6.07, 6.45) is 1.99. The Kier molecular flexibility index (Phi) is 4.26. The van der Waals surface area contributed by atoms with E-state index in [0.29, 0.717) is 10.0 Å². The van der Waals surface area contributed by atoms with Crippen LogP contribution in [-0.2, 0) is 0 Å². The average Bonchev–Trinajstić information content (AvgIpc) is 2.33. The Morgan fingerprint density at radius 3 is 2.29 bits per heavy atom. The molecule has 0 nitrogen and oxygen atoms in total. The van der Waals surface area contributed by atoms with Crippen LogP contribution in [0.2, 0.25) is 15.1 Å². The number of thioether (sulfide) groups is 1. The van der Waals surface area contributed by atoms with Gasteiger partial charge in [-0.25, -0.2) is 0 Å². The Hall–Kier alpha value is -0.340. The lowest BCUT2D eigenvalue weighted by molar-refractivity contribution is 1.46. The fourth-order valence-corrected chi connectivity index (χ4v) is 2.80. The minimum Gasteiger partial charge on any atom is -0.128 e. The van der Waals surface area contributed by atoms with Gasteiger partial charge in [0, 0.05) is 20.5 Å². The molecule has 0 heterocycles. The van der Waals surface area contributed by atoms with Crippen LogP contribution >= 0.6 is 46.6 Å². The second-order valence-corrected chi connectivity index (χ2v) is 5.57. The fourth-order valence-electron chi connectivity index (χ4n) is 1.55. The van der Waals surface area contributed by atoms with E-state index in [1.807, 2.05) is 30.5 Å². The predicted molar refractivity (Wildman–Crippen MR) is 78.7 cm³/mol. The molecule has 0 aliphatic carbocycles. The zero-order valence-corrected chi connectivity index (χ0v) is 12.1. The predicted octanol–water partition coefficient (Wildman–Crippen LogP) is 6.04. The van der Waals surface area contributed by atoms with Gasteiger partial charge < -0.3 is 0 Å². The van der Waals surface area contributed by atoms with E-state index >= 15 is 0 Å². The molecule has 0 atom stereocenters. The van der Waals surface area contributed by atoms with Gasteiger partial charge in [0.25, 0.3) is 0 Å². The Morgan fingerprint density at radius 1 is 0.882 bits per heavy atom. The van der Waals surface area contributed by atoms with E-state index in [1.165, 1.54) is 0 Å². The average molecular weight is 304 g/mol. The van der Waals surface area contributed by atoms with E-state index in [0.717, 1.165) is 21.0 Å². The Morgan fingerprint density at radius 2 is 1.59 bits per heavy atom. The van der Waals surface area contributed by atoms with Crippen molar-refractivity contribution in [3.63, 3.8) is 0 Å². The summed E-state index contributed by atoms with van der Waals surface area (Å²) in [4.78, 5) is 1.03. The summed E-state index contributed by atoms with van der Waals surface area (Å²) in [5, 5.41) is 2.10. The third kappa shape index (κ3) is 2.92. The molecule has 0 radical (unpaired) electrons. The Bertz CT molecular complexity index is 552. The highest BCUT2D eigenvalue weighted by molar-refractivity contribution is 7.98. The van der Waals surface area contributed by atoms with Gasteiger partial charge in [0.15, 0.2) is 0 Å². The van der Waals surface area contributed by atoms with Crippen LogP contribution in [0.1, 0.15) is 0 Å². The van der Waals surface area contributed by atoms with Crippen LogP contribution in [0.3, 0.4) is 0 Å². The summed E-state index contributed by atoms with van der Waals surface area (Å²) in [5.41, 5.74) is 1.94. The van der Waals surface area contributed by atoms with Crippen LogP contribution in [0, 0.1) is 0 Å². The molecule has 0 spiro atoms. The topological polar surface area (TPSA) is 0 Å². The van der Waals surface area contributed by atoms with Crippen molar-refractivity contribution in [1.29, 1.82) is 0 Å². The molecule has 0 fully saturated rings. The zero-order valence-electron chi connectivity index (χ0n) is 9.01. The van der Waals surface area contributed by atoms with Gasteiger partial charge >= 0.3 is 0 Å².